The molecule has 0 bridgehead atoms. The van der Waals surface area contributed by atoms with Crippen molar-refractivity contribution in [3.8, 4) is 0 Å². The number of halogens is 3. The molecule has 0 heterocycles. The molecule has 0 aromatic heterocycles. The first-order chi connectivity index (χ1) is 7.60. The van der Waals surface area contributed by atoms with E-state index in [1.807, 2.05) is 57.1 Å². The van der Waals surface area contributed by atoms with Gasteiger partial charge in [-0.1, -0.05) is 45.2 Å². The van der Waals surface area contributed by atoms with Gasteiger partial charge in [-0.15, -0.1) is 24.0 Å². The minimum atomic E-state index is -0.203. The van der Waals surface area contributed by atoms with Crippen LogP contribution >= 0.6 is 69.2 Å². The lowest BCUT2D eigenvalue weighted by Gasteiger charge is -2.15. The Morgan fingerprint density at radius 2 is 1.35 bits per heavy atom. The molecule has 0 aliphatic carbocycles. The number of alkyl halides is 2. The lowest BCUT2D eigenvalue weighted by molar-refractivity contribution is -0.140. The van der Waals surface area contributed by atoms with Crippen molar-refractivity contribution in [2.24, 2.45) is 0 Å². The van der Waals surface area contributed by atoms with E-state index in [9.17, 15) is 9.59 Å². The second-order valence-electron chi connectivity index (χ2n) is 3.01. The Kier molecular flexibility index (Phi) is 16.2. The van der Waals surface area contributed by atoms with E-state index in [4.69, 9.17) is 9.47 Å². The summed E-state index contributed by atoms with van der Waals surface area (Å²) in [5.74, 6) is -0.407. The number of carbonyl (C=O) groups is 2. The fraction of sp³-hybridized carbons (Fsp3) is 0.778. The van der Waals surface area contributed by atoms with Gasteiger partial charge in [-0.05, 0) is 7.05 Å². The SMILES string of the molecule is CN(CCOC(=O)CI)CCOC(=O)CI.I. The van der Waals surface area contributed by atoms with Crippen LogP contribution in [0.25, 0.3) is 0 Å². The maximum Gasteiger partial charge on any atom is 0.315 e. The number of esters is 2. The van der Waals surface area contributed by atoms with Gasteiger partial charge in [0.05, 0.1) is 8.86 Å². The lowest BCUT2D eigenvalue weighted by Crippen LogP contribution is -2.28. The normalized spacial score (nSPS) is 9.65. The van der Waals surface area contributed by atoms with E-state index in [-0.39, 0.29) is 35.9 Å². The average Bonchev–Trinajstić information content (AvgIpc) is 2.28. The fourth-order valence-corrected chi connectivity index (χ4v) is 1.26. The van der Waals surface area contributed by atoms with Crippen LogP contribution in [0.3, 0.4) is 0 Å². The molecular formula is C9H16I3NO4. The molecule has 17 heavy (non-hydrogen) atoms. The first-order valence-corrected chi connectivity index (χ1v) is 7.77. The highest BCUT2D eigenvalue weighted by molar-refractivity contribution is 14.1. The third kappa shape index (κ3) is 13.3. The van der Waals surface area contributed by atoms with Crippen LogP contribution in [0.15, 0.2) is 0 Å². The standard InChI is InChI=1S/C9H15I2NO4.HI/c1-12(2-4-15-8(13)6-10)3-5-16-9(14)7-11;/h2-7H2,1H3;1H. The second-order valence-corrected chi connectivity index (χ2v) is 4.54. The maximum atomic E-state index is 10.8. The Hall–Kier alpha value is 1.09. The molecule has 102 valence electrons. The molecule has 0 spiro atoms. The van der Waals surface area contributed by atoms with Gasteiger partial charge in [0, 0.05) is 13.1 Å². The molecule has 0 aromatic rings. The molecule has 0 aromatic carbocycles. The van der Waals surface area contributed by atoms with Crippen LogP contribution < -0.4 is 0 Å². The van der Waals surface area contributed by atoms with E-state index >= 15 is 0 Å². The number of nitrogens with zero attached hydrogens (tertiary/aromatic N) is 1. The van der Waals surface area contributed by atoms with E-state index < -0.39 is 0 Å². The lowest BCUT2D eigenvalue weighted by atomic mass is 10.5. The van der Waals surface area contributed by atoms with Gasteiger partial charge in [0.1, 0.15) is 13.2 Å². The number of hydrogen-bond acceptors (Lipinski definition) is 5. The van der Waals surface area contributed by atoms with Crippen LogP contribution in [-0.4, -0.2) is 59.0 Å². The van der Waals surface area contributed by atoms with Gasteiger partial charge < -0.3 is 9.47 Å². The van der Waals surface area contributed by atoms with Gasteiger partial charge in [0.25, 0.3) is 0 Å². The summed E-state index contributed by atoms with van der Waals surface area (Å²) in [4.78, 5) is 23.6. The topological polar surface area (TPSA) is 55.8 Å². The summed E-state index contributed by atoms with van der Waals surface area (Å²) in [5, 5.41) is 0. The summed E-state index contributed by atoms with van der Waals surface area (Å²) in [7, 11) is 1.88. The van der Waals surface area contributed by atoms with E-state index in [1.54, 1.807) is 0 Å². The van der Waals surface area contributed by atoms with Gasteiger partial charge >= 0.3 is 11.9 Å². The van der Waals surface area contributed by atoms with Crippen molar-refractivity contribution < 1.29 is 19.1 Å². The van der Waals surface area contributed by atoms with E-state index in [0.29, 0.717) is 35.2 Å². The molecule has 0 aliphatic rings. The minimum absolute atomic E-state index is 0. The first-order valence-electron chi connectivity index (χ1n) is 4.72. The van der Waals surface area contributed by atoms with Crippen molar-refractivity contribution >= 4 is 81.1 Å². The summed E-state index contributed by atoms with van der Waals surface area (Å²) >= 11 is 3.92. The molecule has 0 radical (unpaired) electrons. The van der Waals surface area contributed by atoms with E-state index in [0.717, 1.165) is 0 Å². The largest absolute Gasteiger partial charge is 0.464 e. The van der Waals surface area contributed by atoms with Crippen molar-refractivity contribution in [3.05, 3.63) is 0 Å². The Morgan fingerprint density at radius 3 is 1.65 bits per heavy atom. The van der Waals surface area contributed by atoms with Crippen LogP contribution in [0.1, 0.15) is 0 Å². The predicted molar refractivity (Wildman–Crippen MR) is 92.6 cm³/mol. The van der Waals surface area contributed by atoms with Crippen molar-refractivity contribution in [1.82, 2.24) is 4.90 Å². The Balaban J connectivity index is 0. The fourth-order valence-electron chi connectivity index (χ4n) is 0.820. The third-order valence-electron chi connectivity index (χ3n) is 1.69. The van der Waals surface area contributed by atoms with Gasteiger partial charge in [0.2, 0.25) is 0 Å². The monoisotopic (exact) mass is 583 g/mol. The predicted octanol–water partition coefficient (Wildman–Crippen LogP) is 1.49. The number of rotatable bonds is 8. The second kappa shape index (κ2) is 13.5. The maximum absolute atomic E-state index is 10.8. The smallest absolute Gasteiger partial charge is 0.315 e. The summed E-state index contributed by atoms with van der Waals surface area (Å²) in [5.41, 5.74) is 0. The van der Waals surface area contributed by atoms with Crippen LogP contribution in [0.2, 0.25) is 0 Å². The quantitative estimate of drug-likeness (QED) is 0.247. The van der Waals surface area contributed by atoms with Crippen LogP contribution in [-0.2, 0) is 19.1 Å². The molecule has 0 rings (SSSR count). The number of carbonyl (C=O) groups excluding carboxylic acids is 2. The molecule has 0 atom stereocenters. The molecule has 5 nitrogen and oxygen atoms in total. The summed E-state index contributed by atoms with van der Waals surface area (Å²) < 4.78 is 10.6. The summed E-state index contributed by atoms with van der Waals surface area (Å²) in [6.07, 6.45) is 0. The van der Waals surface area contributed by atoms with Gasteiger partial charge in [-0.25, -0.2) is 0 Å². The molecule has 0 saturated heterocycles. The first kappa shape index (κ1) is 20.4. The molecule has 0 saturated carbocycles. The average molecular weight is 583 g/mol. The van der Waals surface area contributed by atoms with Crippen molar-refractivity contribution in [2.75, 3.05) is 42.2 Å². The zero-order valence-electron chi connectivity index (χ0n) is 9.49. The molecule has 8 heteroatoms. The van der Waals surface area contributed by atoms with E-state index in [1.165, 1.54) is 0 Å². The summed E-state index contributed by atoms with van der Waals surface area (Å²) in [6, 6.07) is 0. The molecule has 0 amide bonds. The highest BCUT2D eigenvalue weighted by Crippen LogP contribution is 1.90. The molecule has 0 aliphatic heterocycles. The molecule has 0 fully saturated rings. The highest BCUT2D eigenvalue weighted by Gasteiger charge is 2.03. The highest BCUT2D eigenvalue weighted by atomic mass is 127. The van der Waals surface area contributed by atoms with Crippen molar-refractivity contribution in [2.45, 2.75) is 0 Å². The Morgan fingerprint density at radius 1 is 1.00 bits per heavy atom. The van der Waals surface area contributed by atoms with Crippen LogP contribution in [0.5, 0.6) is 0 Å². The van der Waals surface area contributed by atoms with Gasteiger partial charge in [-0.3, -0.25) is 14.5 Å². The number of ether oxygens (including phenoxy) is 2. The Labute approximate surface area is 146 Å². The van der Waals surface area contributed by atoms with Crippen LogP contribution in [0.4, 0.5) is 0 Å². The molecule has 0 N–H and O–H groups in total. The van der Waals surface area contributed by atoms with Crippen LogP contribution in [0, 0.1) is 0 Å². The number of likely N-dealkylation sites (N-methyl/N-ethyl adjacent to an activating group) is 1. The summed E-state index contributed by atoms with van der Waals surface area (Å²) in [6.45, 7) is 2.03. The van der Waals surface area contributed by atoms with Crippen molar-refractivity contribution in [3.63, 3.8) is 0 Å². The van der Waals surface area contributed by atoms with E-state index in [2.05, 4.69) is 0 Å². The van der Waals surface area contributed by atoms with Gasteiger partial charge in [0.15, 0.2) is 0 Å². The third-order valence-corrected chi connectivity index (χ3v) is 2.94. The molecular weight excluding hydrogens is 567 g/mol. The minimum Gasteiger partial charge on any atom is -0.464 e. The zero-order chi connectivity index (χ0) is 12.4. The van der Waals surface area contributed by atoms with Crippen molar-refractivity contribution in [1.29, 1.82) is 0 Å². The zero-order valence-corrected chi connectivity index (χ0v) is 16.1. The van der Waals surface area contributed by atoms with Gasteiger partial charge in [-0.2, -0.15) is 0 Å². The number of hydrogen-bond donors (Lipinski definition) is 0. The molecule has 0 unspecified atom stereocenters. The Bertz CT molecular complexity index is 206.